The lowest BCUT2D eigenvalue weighted by Gasteiger charge is -2.13. The van der Waals surface area contributed by atoms with E-state index in [1.807, 2.05) is 30.5 Å². The third-order valence-electron chi connectivity index (χ3n) is 4.43. The molecule has 0 saturated heterocycles. The number of hydrogen-bond acceptors (Lipinski definition) is 6. The maximum atomic E-state index is 12.4. The van der Waals surface area contributed by atoms with Gasteiger partial charge in [-0.1, -0.05) is 6.92 Å². The minimum atomic E-state index is -0.302. The average molecular weight is 520 g/mol. The van der Waals surface area contributed by atoms with Crippen molar-refractivity contribution < 1.29 is 14.3 Å². The van der Waals surface area contributed by atoms with Crippen molar-refractivity contribution in [2.45, 2.75) is 26.4 Å². The maximum Gasteiger partial charge on any atom is 0.257 e. The predicted octanol–water partition coefficient (Wildman–Crippen LogP) is 5.89. The van der Waals surface area contributed by atoms with Crippen molar-refractivity contribution in [3.05, 3.63) is 57.9 Å². The van der Waals surface area contributed by atoms with Crippen LogP contribution in [0.5, 0.6) is 11.5 Å². The molecule has 2 aromatic carbocycles. The van der Waals surface area contributed by atoms with Gasteiger partial charge in [-0.15, -0.1) is 11.3 Å². The summed E-state index contributed by atoms with van der Waals surface area (Å²) in [4.78, 5) is 17.0. The number of thiazole rings is 1. The fourth-order valence-electron chi connectivity index (χ4n) is 2.59. The summed E-state index contributed by atoms with van der Waals surface area (Å²) in [6.07, 6.45) is 1.04. The number of nitrogens with zero attached hydrogens (tertiary/aromatic N) is 1. The highest BCUT2D eigenvalue weighted by molar-refractivity contribution is 9.10. The third-order valence-corrected chi connectivity index (χ3v) is 6.01. The van der Waals surface area contributed by atoms with Crippen molar-refractivity contribution in [2.24, 2.45) is 0 Å². The Morgan fingerprint density at radius 3 is 2.65 bits per heavy atom. The lowest BCUT2D eigenvalue weighted by molar-refractivity contribution is 0.0977. The summed E-state index contributed by atoms with van der Waals surface area (Å²) >= 11 is 10.1. The Hall–Kier alpha value is -2.49. The SMILES string of the molecule is CC[C@@H](C)Oc1ccc(C(=O)NC(=S)Nc2nc(-c3ccc(OC)c(Br)c3)cs2)cc1. The van der Waals surface area contributed by atoms with Gasteiger partial charge in [-0.05, 0) is 84.0 Å². The number of ether oxygens (including phenoxy) is 2. The lowest BCUT2D eigenvalue weighted by Crippen LogP contribution is -2.34. The number of aromatic nitrogens is 1. The Balaban J connectivity index is 1.58. The second kappa shape index (κ2) is 10.7. The Labute approximate surface area is 199 Å². The quantitative estimate of drug-likeness (QED) is 0.379. The van der Waals surface area contributed by atoms with Crippen LogP contribution in [-0.4, -0.2) is 29.2 Å². The highest BCUT2D eigenvalue weighted by Gasteiger charge is 2.12. The van der Waals surface area contributed by atoms with Crippen LogP contribution in [0.3, 0.4) is 0 Å². The molecule has 3 rings (SSSR count). The van der Waals surface area contributed by atoms with Crippen LogP contribution in [0, 0.1) is 0 Å². The van der Waals surface area contributed by atoms with Crippen molar-refractivity contribution in [1.82, 2.24) is 10.3 Å². The fraction of sp³-hybridized carbons (Fsp3) is 0.227. The molecule has 162 valence electrons. The predicted molar refractivity (Wildman–Crippen MR) is 132 cm³/mol. The summed E-state index contributed by atoms with van der Waals surface area (Å²) in [6.45, 7) is 4.06. The molecule has 0 spiro atoms. The van der Waals surface area contributed by atoms with Gasteiger partial charge < -0.3 is 14.8 Å². The van der Waals surface area contributed by atoms with E-state index in [-0.39, 0.29) is 17.1 Å². The van der Waals surface area contributed by atoms with Crippen LogP contribution < -0.4 is 20.1 Å². The van der Waals surface area contributed by atoms with Crippen LogP contribution >= 0.6 is 39.5 Å². The number of anilines is 1. The first kappa shape index (κ1) is 23.2. The van der Waals surface area contributed by atoms with E-state index < -0.39 is 0 Å². The third kappa shape index (κ3) is 6.25. The minimum absolute atomic E-state index is 0.124. The first-order chi connectivity index (χ1) is 14.9. The Morgan fingerprint density at radius 1 is 1.26 bits per heavy atom. The van der Waals surface area contributed by atoms with Crippen molar-refractivity contribution in [2.75, 3.05) is 12.4 Å². The van der Waals surface area contributed by atoms with E-state index >= 15 is 0 Å². The Kier molecular flexibility index (Phi) is 8.00. The lowest BCUT2D eigenvalue weighted by atomic mass is 10.2. The number of rotatable bonds is 7. The van der Waals surface area contributed by atoms with Gasteiger partial charge in [0.2, 0.25) is 0 Å². The number of nitrogens with one attached hydrogen (secondary N) is 2. The van der Waals surface area contributed by atoms with Crippen LogP contribution in [-0.2, 0) is 0 Å². The van der Waals surface area contributed by atoms with E-state index in [9.17, 15) is 4.79 Å². The second-order valence-corrected chi connectivity index (χ2v) is 8.78. The zero-order valence-corrected chi connectivity index (χ0v) is 20.5. The van der Waals surface area contributed by atoms with E-state index in [1.54, 1.807) is 31.4 Å². The Bertz CT molecular complexity index is 1070. The molecular weight excluding hydrogens is 498 g/mol. The first-order valence-electron chi connectivity index (χ1n) is 9.58. The maximum absolute atomic E-state index is 12.4. The highest BCUT2D eigenvalue weighted by Crippen LogP contribution is 2.32. The number of thiocarbonyl (C=S) groups is 1. The van der Waals surface area contributed by atoms with Gasteiger partial charge in [-0.2, -0.15) is 0 Å². The zero-order chi connectivity index (χ0) is 22.4. The van der Waals surface area contributed by atoms with Crippen LogP contribution in [0.4, 0.5) is 5.13 Å². The molecule has 0 aliphatic rings. The summed E-state index contributed by atoms with van der Waals surface area (Å²) in [7, 11) is 1.62. The monoisotopic (exact) mass is 519 g/mol. The number of methoxy groups -OCH3 is 1. The first-order valence-corrected chi connectivity index (χ1v) is 11.7. The molecule has 0 fully saturated rings. The number of halogens is 1. The van der Waals surface area contributed by atoms with E-state index in [1.165, 1.54) is 11.3 Å². The van der Waals surface area contributed by atoms with E-state index in [0.29, 0.717) is 10.7 Å². The molecule has 1 aromatic heterocycles. The van der Waals surface area contributed by atoms with Crippen molar-refractivity contribution in [3.63, 3.8) is 0 Å². The van der Waals surface area contributed by atoms with Gasteiger partial charge in [0.15, 0.2) is 10.2 Å². The normalized spacial score (nSPS) is 11.5. The van der Waals surface area contributed by atoms with Crippen LogP contribution in [0.1, 0.15) is 30.6 Å². The van der Waals surface area contributed by atoms with Gasteiger partial charge in [-0.25, -0.2) is 4.98 Å². The van der Waals surface area contributed by atoms with Gasteiger partial charge in [0.1, 0.15) is 11.5 Å². The molecule has 0 saturated carbocycles. The molecule has 1 amide bonds. The summed E-state index contributed by atoms with van der Waals surface area (Å²) in [5.74, 6) is 1.18. The largest absolute Gasteiger partial charge is 0.496 e. The molecule has 0 aliphatic carbocycles. The number of carbonyl (C=O) groups is 1. The van der Waals surface area contributed by atoms with Crippen LogP contribution in [0.25, 0.3) is 11.3 Å². The van der Waals surface area contributed by atoms with Crippen molar-refractivity contribution in [3.8, 4) is 22.8 Å². The van der Waals surface area contributed by atoms with Gasteiger partial charge in [0.05, 0.1) is 23.4 Å². The van der Waals surface area contributed by atoms with E-state index in [4.69, 9.17) is 21.7 Å². The van der Waals surface area contributed by atoms with E-state index in [2.05, 4.69) is 38.5 Å². The number of amides is 1. The van der Waals surface area contributed by atoms with Crippen LogP contribution in [0.15, 0.2) is 52.3 Å². The van der Waals surface area contributed by atoms with Crippen molar-refractivity contribution >= 4 is 55.6 Å². The summed E-state index contributed by atoms with van der Waals surface area (Å²) < 4.78 is 11.8. The zero-order valence-electron chi connectivity index (χ0n) is 17.3. The molecule has 31 heavy (non-hydrogen) atoms. The molecular formula is C22H22BrN3O3S2. The van der Waals surface area contributed by atoms with E-state index in [0.717, 1.165) is 33.6 Å². The van der Waals surface area contributed by atoms with Gasteiger partial charge in [-0.3, -0.25) is 10.1 Å². The number of benzene rings is 2. The molecule has 6 nitrogen and oxygen atoms in total. The molecule has 1 heterocycles. The number of hydrogen-bond donors (Lipinski definition) is 2. The molecule has 9 heteroatoms. The summed E-state index contributed by atoms with van der Waals surface area (Å²) in [6, 6.07) is 12.7. The standard InChI is InChI=1S/C22H22BrN3O3S2/c1-4-13(2)29-16-8-5-14(6-9-16)20(27)25-21(30)26-22-24-18(12-31-22)15-7-10-19(28-3)17(23)11-15/h5-13H,4H2,1-3H3,(H2,24,25,26,27,30)/t13-/m1/s1. The molecule has 2 N–H and O–H groups in total. The molecule has 3 aromatic rings. The van der Waals surface area contributed by atoms with Gasteiger partial charge in [0, 0.05) is 16.5 Å². The molecule has 0 radical (unpaired) electrons. The highest BCUT2D eigenvalue weighted by atomic mass is 79.9. The fourth-order valence-corrected chi connectivity index (χ4v) is 4.11. The molecule has 1 atom stereocenters. The molecule has 0 aliphatic heterocycles. The number of carbonyl (C=O) groups excluding carboxylic acids is 1. The smallest absolute Gasteiger partial charge is 0.257 e. The van der Waals surface area contributed by atoms with Gasteiger partial charge in [0.25, 0.3) is 5.91 Å². The van der Waals surface area contributed by atoms with Crippen LogP contribution in [0.2, 0.25) is 0 Å². The summed E-state index contributed by atoms with van der Waals surface area (Å²) in [5.41, 5.74) is 2.22. The second-order valence-electron chi connectivity index (χ2n) is 6.66. The van der Waals surface area contributed by atoms with Gasteiger partial charge >= 0.3 is 0 Å². The topological polar surface area (TPSA) is 72.5 Å². The summed E-state index contributed by atoms with van der Waals surface area (Å²) in [5, 5.41) is 8.32. The Morgan fingerprint density at radius 2 is 2.00 bits per heavy atom. The van der Waals surface area contributed by atoms with Crippen molar-refractivity contribution in [1.29, 1.82) is 0 Å². The molecule has 0 unspecified atom stereocenters. The average Bonchev–Trinajstić information content (AvgIpc) is 3.22. The molecule has 0 bridgehead atoms. The minimum Gasteiger partial charge on any atom is -0.496 e.